The molecule has 0 bridgehead atoms. The SMILES string of the molecule is CCc1sc(C(C)=O)c2c1CCCC2. The minimum Gasteiger partial charge on any atom is -0.294 e. The van der Waals surface area contributed by atoms with Crippen LogP contribution in [-0.2, 0) is 19.3 Å². The molecule has 1 aromatic rings. The second kappa shape index (κ2) is 3.85. The number of thiophene rings is 1. The van der Waals surface area contributed by atoms with Crippen LogP contribution in [0.25, 0.3) is 0 Å². The number of fused-ring (bicyclic) bond motifs is 1. The molecule has 0 fully saturated rings. The summed E-state index contributed by atoms with van der Waals surface area (Å²) in [5.74, 6) is 0.257. The Morgan fingerprint density at radius 2 is 1.93 bits per heavy atom. The molecule has 0 radical (unpaired) electrons. The Balaban J connectivity index is 2.52. The lowest BCUT2D eigenvalue weighted by Crippen LogP contribution is -2.04. The third-order valence-electron chi connectivity index (χ3n) is 2.94. The quantitative estimate of drug-likeness (QED) is 0.681. The highest BCUT2D eigenvalue weighted by atomic mass is 32.1. The average molecular weight is 208 g/mol. The fourth-order valence-electron chi connectivity index (χ4n) is 2.28. The molecule has 2 heteroatoms. The van der Waals surface area contributed by atoms with Crippen LogP contribution in [0.4, 0.5) is 0 Å². The Kier molecular flexibility index (Phi) is 2.73. The number of hydrogen-bond donors (Lipinski definition) is 0. The lowest BCUT2D eigenvalue weighted by Gasteiger charge is -2.13. The van der Waals surface area contributed by atoms with Crippen molar-refractivity contribution in [2.45, 2.75) is 46.0 Å². The summed E-state index contributed by atoms with van der Waals surface area (Å²) in [6.07, 6.45) is 5.96. The molecule has 0 aliphatic heterocycles. The van der Waals surface area contributed by atoms with Gasteiger partial charge >= 0.3 is 0 Å². The fraction of sp³-hybridized carbons (Fsp3) is 0.583. The van der Waals surface area contributed by atoms with E-state index >= 15 is 0 Å². The molecule has 1 aliphatic carbocycles. The standard InChI is InChI=1S/C12H16OS/c1-3-11-9-6-4-5-7-10(9)12(14-11)8(2)13/h3-7H2,1-2H3. The minimum absolute atomic E-state index is 0.257. The highest BCUT2D eigenvalue weighted by Crippen LogP contribution is 2.34. The zero-order valence-electron chi connectivity index (χ0n) is 8.85. The van der Waals surface area contributed by atoms with Gasteiger partial charge < -0.3 is 0 Å². The third kappa shape index (κ3) is 1.52. The molecule has 0 spiro atoms. The maximum Gasteiger partial charge on any atom is 0.170 e. The van der Waals surface area contributed by atoms with E-state index in [1.165, 1.54) is 35.3 Å². The van der Waals surface area contributed by atoms with E-state index in [0.29, 0.717) is 0 Å². The molecule has 14 heavy (non-hydrogen) atoms. The molecule has 0 aromatic carbocycles. The van der Waals surface area contributed by atoms with E-state index in [0.717, 1.165) is 17.7 Å². The zero-order chi connectivity index (χ0) is 10.1. The zero-order valence-corrected chi connectivity index (χ0v) is 9.67. The van der Waals surface area contributed by atoms with E-state index < -0.39 is 0 Å². The van der Waals surface area contributed by atoms with E-state index in [1.54, 1.807) is 18.3 Å². The average Bonchev–Trinajstić information content (AvgIpc) is 2.56. The monoisotopic (exact) mass is 208 g/mol. The highest BCUT2D eigenvalue weighted by molar-refractivity contribution is 7.14. The van der Waals surface area contributed by atoms with Gasteiger partial charge in [0.1, 0.15) is 0 Å². The van der Waals surface area contributed by atoms with Crippen molar-refractivity contribution in [1.82, 2.24) is 0 Å². The second-order valence-corrected chi connectivity index (χ2v) is 5.03. The van der Waals surface area contributed by atoms with Crippen LogP contribution in [-0.4, -0.2) is 5.78 Å². The fourth-order valence-corrected chi connectivity index (χ4v) is 3.51. The molecular formula is C12H16OS. The Labute approximate surface area is 89.1 Å². The van der Waals surface area contributed by atoms with Gasteiger partial charge in [-0.25, -0.2) is 0 Å². The molecule has 1 heterocycles. The first-order valence-corrected chi connectivity index (χ1v) is 6.20. The molecule has 1 aromatic heterocycles. The minimum atomic E-state index is 0.257. The van der Waals surface area contributed by atoms with Gasteiger partial charge in [-0.2, -0.15) is 0 Å². The van der Waals surface area contributed by atoms with Crippen LogP contribution in [0, 0.1) is 0 Å². The van der Waals surface area contributed by atoms with Crippen LogP contribution in [0.3, 0.4) is 0 Å². The summed E-state index contributed by atoms with van der Waals surface area (Å²) in [5.41, 5.74) is 2.89. The number of carbonyl (C=O) groups is 1. The van der Waals surface area contributed by atoms with Crippen LogP contribution in [0.15, 0.2) is 0 Å². The van der Waals surface area contributed by atoms with Crippen molar-refractivity contribution in [2.75, 3.05) is 0 Å². The summed E-state index contributed by atoms with van der Waals surface area (Å²) in [6.45, 7) is 3.88. The first-order valence-electron chi connectivity index (χ1n) is 5.38. The highest BCUT2D eigenvalue weighted by Gasteiger charge is 2.21. The summed E-state index contributed by atoms with van der Waals surface area (Å²) in [4.78, 5) is 13.9. The Morgan fingerprint density at radius 1 is 1.29 bits per heavy atom. The summed E-state index contributed by atoms with van der Waals surface area (Å²) in [5, 5.41) is 0. The second-order valence-electron chi connectivity index (χ2n) is 3.93. The van der Waals surface area contributed by atoms with E-state index in [2.05, 4.69) is 6.92 Å². The number of aryl methyl sites for hydroxylation is 1. The van der Waals surface area contributed by atoms with Gasteiger partial charge in [0.05, 0.1) is 4.88 Å². The van der Waals surface area contributed by atoms with E-state index in [-0.39, 0.29) is 5.78 Å². The summed E-state index contributed by atoms with van der Waals surface area (Å²) in [6, 6.07) is 0. The van der Waals surface area contributed by atoms with Gasteiger partial charge in [-0.05, 0) is 50.2 Å². The predicted molar refractivity (Wildman–Crippen MR) is 60.3 cm³/mol. The van der Waals surface area contributed by atoms with Gasteiger partial charge in [-0.3, -0.25) is 4.79 Å². The van der Waals surface area contributed by atoms with Crippen LogP contribution in [0.5, 0.6) is 0 Å². The number of rotatable bonds is 2. The number of carbonyl (C=O) groups excluding carboxylic acids is 1. The van der Waals surface area contributed by atoms with Crippen LogP contribution >= 0.6 is 11.3 Å². The van der Waals surface area contributed by atoms with E-state index in [9.17, 15) is 4.79 Å². The van der Waals surface area contributed by atoms with Crippen LogP contribution in [0.1, 0.15) is 52.4 Å². The van der Waals surface area contributed by atoms with Crippen LogP contribution < -0.4 is 0 Å². The molecule has 1 aliphatic rings. The largest absolute Gasteiger partial charge is 0.294 e. The van der Waals surface area contributed by atoms with Gasteiger partial charge in [-0.15, -0.1) is 11.3 Å². The van der Waals surface area contributed by atoms with Crippen molar-refractivity contribution in [3.8, 4) is 0 Å². The molecule has 0 amide bonds. The molecule has 0 saturated carbocycles. The molecular weight excluding hydrogens is 192 g/mol. The van der Waals surface area contributed by atoms with E-state index in [4.69, 9.17) is 0 Å². The molecule has 0 atom stereocenters. The lowest BCUT2D eigenvalue weighted by molar-refractivity contribution is 0.102. The van der Waals surface area contributed by atoms with Gasteiger partial charge in [0.15, 0.2) is 5.78 Å². The lowest BCUT2D eigenvalue weighted by atomic mass is 9.91. The normalized spacial score (nSPS) is 15.3. The van der Waals surface area contributed by atoms with Gasteiger partial charge in [0.25, 0.3) is 0 Å². The first kappa shape index (κ1) is 9.91. The molecule has 1 nitrogen and oxygen atoms in total. The number of hydrogen-bond acceptors (Lipinski definition) is 2. The number of ketones is 1. The Bertz CT molecular complexity index is 363. The summed E-state index contributed by atoms with van der Waals surface area (Å²) in [7, 11) is 0. The molecule has 0 saturated heterocycles. The Hall–Kier alpha value is -0.630. The van der Waals surface area contributed by atoms with Crippen molar-refractivity contribution in [1.29, 1.82) is 0 Å². The number of Topliss-reactive ketones (excluding diaryl/α,β-unsaturated/α-hetero) is 1. The van der Waals surface area contributed by atoms with Gasteiger partial charge in [-0.1, -0.05) is 6.92 Å². The maximum atomic E-state index is 11.5. The van der Waals surface area contributed by atoms with E-state index in [1.807, 2.05) is 0 Å². The van der Waals surface area contributed by atoms with Crippen LogP contribution in [0.2, 0.25) is 0 Å². The van der Waals surface area contributed by atoms with Crippen molar-refractivity contribution in [3.05, 3.63) is 20.9 Å². The first-order chi connectivity index (χ1) is 6.74. The third-order valence-corrected chi connectivity index (χ3v) is 4.46. The molecule has 0 N–H and O–H groups in total. The molecule has 2 rings (SSSR count). The van der Waals surface area contributed by atoms with Crippen molar-refractivity contribution >= 4 is 17.1 Å². The molecule has 76 valence electrons. The topological polar surface area (TPSA) is 17.1 Å². The smallest absolute Gasteiger partial charge is 0.170 e. The summed E-state index contributed by atoms with van der Waals surface area (Å²) < 4.78 is 0. The predicted octanol–water partition coefficient (Wildman–Crippen LogP) is 3.39. The van der Waals surface area contributed by atoms with Crippen molar-refractivity contribution in [2.24, 2.45) is 0 Å². The van der Waals surface area contributed by atoms with Crippen molar-refractivity contribution in [3.63, 3.8) is 0 Å². The van der Waals surface area contributed by atoms with Gasteiger partial charge in [0.2, 0.25) is 0 Å². The maximum absolute atomic E-state index is 11.5. The van der Waals surface area contributed by atoms with Gasteiger partial charge in [0, 0.05) is 4.88 Å². The summed E-state index contributed by atoms with van der Waals surface area (Å²) >= 11 is 1.73. The Morgan fingerprint density at radius 3 is 2.50 bits per heavy atom. The van der Waals surface area contributed by atoms with Crippen molar-refractivity contribution < 1.29 is 4.79 Å². The molecule has 0 unspecified atom stereocenters.